The van der Waals surface area contributed by atoms with E-state index in [0.29, 0.717) is 11.0 Å². The number of rotatable bonds is 5. The van der Waals surface area contributed by atoms with E-state index in [1.54, 1.807) is 12.1 Å². The molecule has 136 valence electrons. The summed E-state index contributed by atoms with van der Waals surface area (Å²) in [7, 11) is 0. The minimum Gasteiger partial charge on any atom is -0.478 e. The van der Waals surface area contributed by atoms with Crippen LogP contribution in [0, 0.1) is 0 Å². The van der Waals surface area contributed by atoms with Crippen molar-refractivity contribution < 1.29 is 24.2 Å². The van der Waals surface area contributed by atoms with Crippen LogP contribution in [0.1, 0.15) is 20.7 Å². The van der Waals surface area contributed by atoms with E-state index in [-0.39, 0.29) is 21.8 Å². The molecule has 0 radical (unpaired) electrons. The quantitative estimate of drug-likeness (QED) is 0.648. The van der Waals surface area contributed by atoms with E-state index in [1.165, 1.54) is 36.7 Å². The van der Waals surface area contributed by atoms with Crippen molar-refractivity contribution in [2.75, 3.05) is 11.9 Å². The fourth-order valence-corrected chi connectivity index (χ4v) is 2.53. The number of hydrogen-bond acceptors (Lipinski definition) is 6. The lowest BCUT2D eigenvalue weighted by molar-refractivity contribution is -0.119. The molecule has 0 aliphatic rings. The second-order valence-corrected chi connectivity index (χ2v) is 5.76. The molecule has 0 saturated heterocycles. The van der Waals surface area contributed by atoms with Crippen molar-refractivity contribution in [3.8, 4) is 0 Å². The van der Waals surface area contributed by atoms with Crippen LogP contribution < -0.4 is 5.32 Å². The number of fused-ring (bicyclic) bond motifs is 1. The van der Waals surface area contributed by atoms with E-state index in [1.807, 2.05) is 0 Å². The van der Waals surface area contributed by atoms with Crippen LogP contribution in [0.2, 0.25) is 5.02 Å². The number of nitrogens with one attached hydrogen (secondary N) is 1. The van der Waals surface area contributed by atoms with Crippen LogP contribution in [0.5, 0.6) is 0 Å². The molecule has 1 heterocycles. The molecule has 0 saturated carbocycles. The molecule has 0 spiro atoms. The first-order chi connectivity index (χ1) is 13.0. The van der Waals surface area contributed by atoms with Crippen molar-refractivity contribution in [2.45, 2.75) is 0 Å². The Morgan fingerprint density at radius 3 is 2.63 bits per heavy atom. The molecule has 9 heteroatoms. The number of carboxylic acid groups (broad SMARTS) is 1. The molecular formula is C18H12ClN3O5. The Morgan fingerprint density at radius 2 is 1.85 bits per heavy atom. The minimum absolute atomic E-state index is 0.0454. The van der Waals surface area contributed by atoms with Crippen LogP contribution >= 0.6 is 11.6 Å². The fraction of sp³-hybridized carbons (Fsp3) is 0.0556. The Kier molecular flexibility index (Phi) is 5.28. The van der Waals surface area contributed by atoms with Gasteiger partial charge in [0.05, 0.1) is 21.7 Å². The lowest BCUT2D eigenvalue weighted by atomic mass is 10.2. The number of aromatic carboxylic acids is 1. The van der Waals surface area contributed by atoms with Crippen molar-refractivity contribution in [3.05, 3.63) is 64.9 Å². The summed E-state index contributed by atoms with van der Waals surface area (Å²) >= 11 is 5.77. The fourth-order valence-electron chi connectivity index (χ4n) is 2.33. The first-order valence-corrected chi connectivity index (χ1v) is 8.03. The Hall–Kier alpha value is -3.52. The number of carboxylic acids is 1. The highest BCUT2D eigenvalue weighted by atomic mass is 35.5. The van der Waals surface area contributed by atoms with Gasteiger partial charge < -0.3 is 15.2 Å². The number of halogens is 1. The molecule has 0 unspecified atom stereocenters. The van der Waals surface area contributed by atoms with Crippen LogP contribution in [0.4, 0.5) is 5.69 Å². The number of nitrogens with zero attached hydrogens (tertiary/aromatic N) is 2. The summed E-state index contributed by atoms with van der Waals surface area (Å²) in [5, 5.41) is 11.5. The maximum Gasteiger partial charge on any atom is 0.340 e. The van der Waals surface area contributed by atoms with Gasteiger partial charge in [0.25, 0.3) is 5.91 Å². The Bertz CT molecular complexity index is 1050. The van der Waals surface area contributed by atoms with E-state index in [0.717, 1.165) is 0 Å². The zero-order chi connectivity index (χ0) is 19.4. The van der Waals surface area contributed by atoms with Gasteiger partial charge in [-0.05, 0) is 30.3 Å². The van der Waals surface area contributed by atoms with E-state index >= 15 is 0 Å². The summed E-state index contributed by atoms with van der Waals surface area (Å²) < 4.78 is 5.01. The number of hydrogen-bond donors (Lipinski definition) is 2. The molecule has 0 fully saturated rings. The Balaban J connectivity index is 1.66. The maximum absolute atomic E-state index is 12.2. The highest BCUT2D eigenvalue weighted by Gasteiger charge is 2.15. The smallest absolute Gasteiger partial charge is 0.340 e. The second kappa shape index (κ2) is 7.79. The average molecular weight is 386 g/mol. The molecular weight excluding hydrogens is 374 g/mol. The lowest BCUT2D eigenvalue weighted by Gasteiger charge is -2.09. The van der Waals surface area contributed by atoms with Crippen LogP contribution in [-0.4, -0.2) is 39.5 Å². The van der Waals surface area contributed by atoms with Gasteiger partial charge in [-0.15, -0.1) is 0 Å². The number of carbonyl (C=O) groups is 3. The molecule has 8 nitrogen and oxygen atoms in total. The van der Waals surface area contributed by atoms with Crippen LogP contribution in [0.25, 0.3) is 11.0 Å². The predicted octanol–water partition coefficient (Wildman–Crippen LogP) is 2.78. The number of para-hydroxylation sites is 1. The van der Waals surface area contributed by atoms with Crippen molar-refractivity contribution >= 4 is 46.2 Å². The number of amides is 1. The van der Waals surface area contributed by atoms with Crippen LogP contribution in [0.3, 0.4) is 0 Å². The SMILES string of the molecule is O=C(COC(=O)c1cccc2nccnc12)Nc1ccc(Cl)c(C(=O)O)c1. The third-order valence-electron chi connectivity index (χ3n) is 3.53. The minimum atomic E-state index is -1.22. The van der Waals surface area contributed by atoms with Crippen molar-refractivity contribution in [3.63, 3.8) is 0 Å². The number of anilines is 1. The molecule has 3 rings (SSSR count). The van der Waals surface area contributed by atoms with Crippen molar-refractivity contribution in [2.24, 2.45) is 0 Å². The molecule has 0 aliphatic heterocycles. The standard InChI is InChI=1S/C18H12ClN3O5/c19-13-5-4-10(8-12(13)17(24)25)22-15(23)9-27-18(26)11-2-1-3-14-16(11)21-7-6-20-14/h1-8H,9H2,(H,22,23)(H,24,25). The average Bonchev–Trinajstić information content (AvgIpc) is 2.67. The van der Waals surface area contributed by atoms with E-state index < -0.39 is 24.5 Å². The number of ether oxygens (including phenoxy) is 1. The summed E-state index contributed by atoms with van der Waals surface area (Å²) in [6, 6.07) is 8.86. The van der Waals surface area contributed by atoms with Gasteiger partial charge in [0, 0.05) is 18.1 Å². The van der Waals surface area contributed by atoms with Crippen molar-refractivity contribution in [1.29, 1.82) is 0 Å². The first kappa shape index (κ1) is 18.3. The maximum atomic E-state index is 12.2. The third kappa shape index (κ3) is 4.18. The number of benzene rings is 2. The number of esters is 1. The zero-order valence-corrected chi connectivity index (χ0v) is 14.4. The molecule has 1 aromatic heterocycles. The molecule has 0 bridgehead atoms. The first-order valence-electron chi connectivity index (χ1n) is 7.65. The van der Waals surface area contributed by atoms with Gasteiger partial charge in [-0.25, -0.2) is 9.59 Å². The molecule has 3 aromatic rings. The van der Waals surface area contributed by atoms with Gasteiger partial charge in [-0.1, -0.05) is 17.7 Å². The third-order valence-corrected chi connectivity index (χ3v) is 3.86. The molecule has 0 atom stereocenters. The van der Waals surface area contributed by atoms with E-state index in [2.05, 4.69) is 15.3 Å². The molecule has 2 N–H and O–H groups in total. The highest BCUT2D eigenvalue weighted by molar-refractivity contribution is 6.33. The normalized spacial score (nSPS) is 10.4. The highest BCUT2D eigenvalue weighted by Crippen LogP contribution is 2.20. The van der Waals surface area contributed by atoms with Gasteiger partial charge in [-0.2, -0.15) is 0 Å². The van der Waals surface area contributed by atoms with Crippen molar-refractivity contribution in [1.82, 2.24) is 9.97 Å². The summed E-state index contributed by atoms with van der Waals surface area (Å²) in [6.07, 6.45) is 2.95. The molecule has 2 aromatic carbocycles. The topological polar surface area (TPSA) is 118 Å². The summed E-state index contributed by atoms with van der Waals surface area (Å²) in [6.45, 7) is -0.555. The van der Waals surface area contributed by atoms with E-state index in [4.69, 9.17) is 21.4 Å². The second-order valence-electron chi connectivity index (χ2n) is 5.35. The van der Waals surface area contributed by atoms with Crippen LogP contribution in [0.15, 0.2) is 48.8 Å². The number of aromatic nitrogens is 2. The summed E-state index contributed by atoms with van der Waals surface area (Å²) in [4.78, 5) is 43.5. The summed E-state index contributed by atoms with van der Waals surface area (Å²) in [5.41, 5.74) is 1.15. The van der Waals surface area contributed by atoms with Gasteiger partial charge in [0.1, 0.15) is 5.52 Å². The van der Waals surface area contributed by atoms with E-state index in [9.17, 15) is 14.4 Å². The Morgan fingerprint density at radius 1 is 1.07 bits per heavy atom. The van der Waals surface area contributed by atoms with Gasteiger partial charge in [0.2, 0.25) is 0 Å². The zero-order valence-electron chi connectivity index (χ0n) is 13.7. The largest absolute Gasteiger partial charge is 0.478 e. The monoisotopic (exact) mass is 385 g/mol. The molecule has 0 aliphatic carbocycles. The predicted molar refractivity (Wildman–Crippen MR) is 96.9 cm³/mol. The number of carbonyl (C=O) groups excluding carboxylic acids is 2. The van der Waals surface area contributed by atoms with Gasteiger partial charge in [-0.3, -0.25) is 14.8 Å². The lowest BCUT2D eigenvalue weighted by Crippen LogP contribution is -2.21. The van der Waals surface area contributed by atoms with Gasteiger partial charge in [0.15, 0.2) is 6.61 Å². The molecule has 1 amide bonds. The van der Waals surface area contributed by atoms with Gasteiger partial charge >= 0.3 is 11.9 Å². The Labute approximate surface area is 157 Å². The summed E-state index contributed by atoms with van der Waals surface area (Å²) in [5.74, 6) is -2.58. The van der Waals surface area contributed by atoms with Crippen LogP contribution in [-0.2, 0) is 9.53 Å². The molecule has 27 heavy (non-hydrogen) atoms.